The molecule has 3 aromatic heterocycles. The number of hydrogen-bond acceptors (Lipinski definition) is 4. The molecule has 5 rings (SSSR count). The summed E-state index contributed by atoms with van der Waals surface area (Å²) in [6.45, 7) is 0. The smallest absolute Gasteiger partial charge is 0.251 e. The Kier molecular flexibility index (Phi) is 2.99. The number of amides is 1. The Morgan fingerprint density at radius 3 is 2.62 bits per heavy atom. The Balaban J connectivity index is 1.97. The van der Waals surface area contributed by atoms with Crippen molar-refractivity contribution in [2.24, 2.45) is 10.7 Å². The summed E-state index contributed by atoms with van der Waals surface area (Å²) in [7, 11) is 0. The van der Waals surface area contributed by atoms with E-state index in [0.717, 1.165) is 39.2 Å². The first-order valence-corrected chi connectivity index (χ1v) is 8.13. The van der Waals surface area contributed by atoms with Crippen molar-refractivity contribution in [1.29, 1.82) is 0 Å². The molecule has 1 amide bonds. The van der Waals surface area contributed by atoms with Gasteiger partial charge in [-0.3, -0.25) is 9.78 Å². The normalized spacial score (nSPS) is 12.4. The van der Waals surface area contributed by atoms with Gasteiger partial charge >= 0.3 is 0 Å². The number of nitrogens with two attached hydrogens (primary N) is 1. The van der Waals surface area contributed by atoms with Gasteiger partial charge in [-0.25, -0.2) is 9.51 Å². The molecule has 0 saturated carbocycles. The quantitative estimate of drug-likeness (QED) is 0.536. The average Bonchev–Trinajstić information content (AvgIpc) is 3.03. The van der Waals surface area contributed by atoms with Crippen molar-refractivity contribution < 1.29 is 4.79 Å². The fourth-order valence-corrected chi connectivity index (χ4v) is 3.42. The number of aliphatic imine (C=N–C) groups is 1. The second kappa shape index (κ2) is 5.35. The van der Waals surface area contributed by atoms with Crippen LogP contribution in [0.2, 0.25) is 0 Å². The maximum atomic E-state index is 12.1. The first-order chi connectivity index (χ1) is 12.7. The highest BCUT2D eigenvalue weighted by Crippen LogP contribution is 2.40. The highest BCUT2D eigenvalue weighted by Gasteiger charge is 2.25. The third kappa shape index (κ3) is 1.99. The van der Waals surface area contributed by atoms with Crippen LogP contribution in [0.1, 0.15) is 21.5 Å². The molecule has 2 N–H and O–H groups in total. The molecule has 0 bridgehead atoms. The van der Waals surface area contributed by atoms with Gasteiger partial charge in [0.15, 0.2) is 0 Å². The molecule has 1 aromatic carbocycles. The number of aromatic nitrogens is 3. The molecular formula is C20H13N5O. The average molecular weight is 339 g/mol. The molecule has 6 heteroatoms. The predicted octanol–water partition coefficient (Wildman–Crippen LogP) is 2.98. The van der Waals surface area contributed by atoms with Crippen LogP contribution in [0, 0.1) is 0 Å². The number of primary amides is 1. The number of hydrogen-bond donors (Lipinski definition) is 1. The van der Waals surface area contributed by atoms with Crippen molar-refractivity contribution in [3.8, 4) is 11.1 Å². The summed E-state index contributed by atoms with van der Waals surface area (Å²) in [5.41, 5.74) is 11.9. The van der Waals surface area contributed by atoms with E-state index in [0.29, 0.717) is 5.56 Å². The molecular weight excluding hydrogens is 326 g/mol. The van der Waals surface area contributed by atoms with E-state index in [1.807, 2.05) is 48.7 Å². The number of pyridine rings is 1. The van der Waals surface area contributed by atoms with E-state index >= 15 is 0 Å². The Labute approximate surface area is 148 Å². The first kappa shape index (κ1) is 14.5. The zero-order valence-corrected chi connectivity index (χ0v) is 13.6. The summed E-state index contributed by atoms with van der Waals surface area (Å²) in [5, 5.41) is 4.36. The van der Waals surface area contributed by atoms with Gasteiger partial charge in [0.05, 0.1) is 28.7 Å². The zero-order valence-electron chi connectivity index (χ0n) is 13.6. The Hall–Kier alpha value is -3.80. The molecule has 26 heavy (non-hydrogen) atoms. The fourth-order valence-electron chi connectivity index (χ4n) is 3.42. The molecule has 0 unspecified atom stereocenters. The van der Waals surface area contributed by atoms with Crippen molar-refractivity contribution in [3.63, 3.8) is 0 Å². The molecule has 4 heterocycles. The van der Waals surface area contributed by atoms with Crippen molar-refractivity contribution in [1.82, 2.24) is 14.6 Å². The van der Waals surface area contributed by atoms with Crippen LogP contribution < -0.4 is 5.73 Å². The zero-order chi connectivity index (χ0) is 17.7. The van der Waals surface area contributed by atoms with Crippen LogP contribution in [-0.4, -0.2) is 26.2 Å². The third-order valence-electron chi connectivity index (χ3n) is 4.56. The Bertz CT molecular complexity index is 1210. The summed E-state index contributed by atoms with van der Waals surface area (Å²) in [6.07, 6.45) is 6.86. The number of carbonyl (C=O) groups excluding carboxylic acids is 1. The van der Waals surface area contributed by atoms with E-state index in [1.54, 1.807) is 16.9 Å². The minimum atomic E-state index is -0.510. The van der Waals surface area contributed by atoms with E-state index in [2.05, 4.69) is 10.1 Å². The Morgan fingerprint density at radius 2 is 1.81 bits per heavy atom. The van der Waals surface area contributed by atoms with Gasteiger partial charge in [-0.15, -0.1) is 0 Å². The summed E-state index contributed by atoms with van der Waals surface area (Å²) in [5.74, 6) is -0.510. The summed E-state index contributed by atoms with van der Waals surface area (Å²) < 4.78 is 1.76. The lowest BCUT2D eigenvalue weighted by atomic mass is 9.97. The number of benzene rings is 1. The molecule has 0 aliphatic carbocycles. The van der Waals surface area contributed by atoms with Gasteiger partial charge in [-0.1, -0.05) is 18.2 Å². The second-order valence-corrected chi connectivity index (χ2v) is 6.03. The van der Waals surface area contributed by atoms with Crippen molar-refractivity contribution in [2.75, 3.05) is 0 Å². The summed E-state index contributed by atoms with van der Waals surface area (Å²) in [6, 6.07) is 13.5. The topological polar surface area (TPSA) is 85.6 Å². The van der Waals surface area contributed by atoms with Gasteiger partial charge in [-0.2, -0.15) is 5.10 Å². The molecule has 1 aliphatic heterocycles. The van der Waals surface area contributed by atoms with Gasteiger partial charge in [0.25, 0.3) is 5.91 Å². The molecule has 124 valence electrons. The van der Waals surface area contributed by atoms with Crippen molar-refractivity contribution >= 4 is 22.8 Å². The lowest BCUT2D eigenvalue weighted by Crippen LogP contribution is -2.14. The highest BCUT2D eigenvalue weighted by atomic mass is 16.1. The molecule has 1 aliphatic rings. The van der Waals surface area contributed by atoms with Crippen molar-refractivity contribution in [2.45, 2.75) is 0 Å². The van der Waals surface area contributed by atoms with E-state index in [4.69, 9.17) is 10.7 Å². The van der Waals surface area contributed by atoms with E-state index in [1.165, 1.54) is 6.20 Å². The predicted molar refractivity (Wildman–Crippen MR) is 98.7 cm³/mol. The molecule has 6 nitrogen and oxygen atoms in total. The van der Waals surface area contributed by atoms with Crippen LogP contribution in [0.15, 0.2) is 72.2 Å². The standard InChI is InChI=1S/C20H13N5O/c21-20(26)15-11-23-25-10-7-14-18(12-5-8-22-9-6-12)24-16-4-2-1-3-13(16)17(15)19(14)25/h1-11H,(H2,21,26). The minimum absolute atomic E-state index is 0.385. The van der Waals surface area contributed by atoms with E-state index < -0.39 is 5.91 Å². The lowest BCUT2D eigenvalue weighted by molar-refractivity contribution is 0.100. The van der Waals surface area contributed by atoms with Gasteiger partial charge in [0.2, 0.25) is 0 Å². The largest absolute Gasteiger partial charge is 0.366 e. The third-order valence-corrected chi connectivity index (χ3v) is 4.56. The minimum Gasteiger partial charge on any atom is -0.366 e. The van der Waals surface area contributed by atoms with Crippen LogP contribution in [-0.2, 0) is 0 Å². The van der Waals surface area contributed by atoms with E-state index in [-0.39, 0.29) is 0 Å². The van der Waals surface area contributed by atoms with Gasteiger partial charge in [0.1, 0.15) is 0 Å². The molecule has 0 atom stereocenters. The monoisotopic (exact) mass is 339 g/mol. The van der Waals surface area contributed by atoms with E-state index in [9.17, 15) is 4.79 Å². The fraction of sp³-hybridized carbons (Fsp3) is 0. The van der Waals surface area contributed by atoms with Gasteiger partial charge in [0, 0.05) is 40.8 Å². The number of fused-ring (bicyclic) bond motifs is 2. The molecule has 0 radical (unpaired) electrons. The number of para-hydroxylation sites is 1. The van der Waals surface area contributed by atoms with Crippen LogP contribution in [0.25, 0.3) is 16.6 Å². The number of carbonyl (C=O) groups is 1. The lowest BCUT2D eigenvalue weighted by Gasteiger charge is -2.10. The maximum Gasteiger partial charge on any atom is 0.251 e. The van der Waals surface area contributed by atoms with Crippen LogP contribution in [0.4, 0.5) is 5.69 Å². The van der Waals surface area contributed by atoms with Crippen LogP contribution >= 0.6 is 0 Å². The SMILES string of the molecule is NC(=O)c1cnn2ccc3c2c1-c1ccccc1N=C3c1ccncc1. The second-order valence-electron chi connectivity index (χ2n) is 6.03. The molecule has 4 aromatic rings. The number of nitrogens with zero attached hydrogens (tertiary/aromatic N) is 4. The first-order valence-electron chi connectivity index (χ1n) is 8.13. The molecule has 0 saturated heterocycles. The van der Waals surface area contributed by atoms with Gasteiger partial charge in [-0.05, 0) is 24.3 Å². The highest BCUT2D eigenvalue weighted by molar-refractivity contribution is 6.22. The Morgan fingerprint density at radius 1 is 1.00 bits per heavy atom. The maximum absolute atomic E-state index is 12.1. The van der Waals surface area contributed by atoms with Crippen LogP contribution in [0.3, 0.4) is 0 Å². The van der Waals surface area contributed by atoms with Crippen molar-refractivity contribution in [3.05, 3.63) is 83.9 Å². The number of rotatable bonds is 2. The summed E-state index contributed by atoms with van der Waals surface area (Å²) >= 11 is 0. The molecule has 0 fully saturated rings. The van der Waals surface area contributed by atoms with Crippen LogP contribution in [0.5, 0.6) is 0 Å². The van der Waals surface area contributed by atoms with Gasteiger partial charge < -0.3 is 5.73 Å². The molecule has 0 spiro atoms. The summed E-state index contributed by atoms with van der Waals surface area (Å²) in [4.78, 5) is 21.1.